The van der Waals surface area contributed by atoms with Crippen LogP contribution in [0.15, 0.2) is 30.3 Å². The van der Waals surface area contributed by atoms with Gasteiger partial charge in [-0.25, -0.2) is 4.98 Å². The number of nitro benzene ring substituents is 1. The van der Waals surface area contributed by atoms with E-state index in [0.717, 1.165) is 42.4 Å². The molecule has 1 aromatic carbocycles. The van der Waals surface area contributed by atoms with E-state index in [-0.39, 0.29) is 17.2 Å². The summed E-state index contributed by atoms with van der Waals surface area (Å²) in [5, 5.41) is 25.1. The second-order valence-electron chi connectivity index (χ2n) is 6.60. The Hall–Kier alpha value is -2.21. The molecule has 1 saturated carbocycles. The molecule has 0 aliphatic heterocycles. The fraction of sp³-hybridized carbons (Fsp3) is 0.471. The average molecular weight is 315 g/mol. The van der Waals surface area contributed by atoms with Crippen LogP contribution < -0.4 is 5.32 Å². The van der Waals surface area contributed by atoms with Crippen molar-refractivity contribution in [2.24, 2.45) is 5.41 Å². The second-order valence-corrected chi connectivity index (χ2v) is 6.60. The number of fused-ring (bicyclic) bond motifs is 1. The summed E-state index contributed by atoms with van der Waals surface area (Å²) < 4.78 is 0. The second kappa shape index (κ2) is 6.12. The SMILES string of the molecule is CC1(CNc2ccc3cc([N+](=O)[O-])ccc3n2)CCCCC1O. The Morgan fingerprint density at radius 2 is 2.22 bits per heavy atom. The van der Waals surface area contributed by atoms with Crippen LogP contribution in [0.4, 0.5) is 11.5 Å². The molecule has 1 aromatic heterocycles. The zero-order valence-corrected chi connectivity index (χ0v) is 13.2. The molecule has 2 unspecified atom stereocenters. The minimum atomic E-state index is -0.406. The lowest BCUT2D eigenvalue weighted by Crippen LogP contribution is -2.41. The molecule has 2 N–H and O–H groups in total. The van der Waals surface area contributed by atoms with E-state index in [1.807, 2.05) is 12.1 Å². The Labute approximate surface area is 134 Å². The molecule has 0 bridgehead atoms. The third-order valence-corrected chi connectivity index (χ3v) is 4.84. The fourth-order valence-electron chi connectivity index (χ4n) is 3.21. The summed E-state index contributed by atoms with van der Waals surface area (Å²) in [7, 11) is 0. The number of hydrogen-bond donors (Lipinski definition) is 2. The van der Waals surface area contributed by atoms with Crippen molar-refractivity contribution < 1.29 is 10.0 Å². The van der Waals surface area contributed by atoms with Crippen molar-refractivity contribution in [3.8, 4) is 0 Å². The molecule has 1 aliphatic carbocycles. The molecule has 0 radical (unpaired) electrons. The number of nitrogens with one attached hydrogen (secondary N) is 1. The number of rotatable bonds is 4. The summed E-state index contributed by atoms with van der Waals surface area (Å²) in [6, 6.07) is 8.31. The minimum Gasteiger partial charge on any atom is -0.392 e. The first-order chi connectivity index (χ1) is 11.0. The highest BCUT2D eigenvalue weighted by molar-refractivity contribution is 5.82. The van der Waals surface area contributed by atoms with Crippen molar-refractivity contribution in [1.29, 1.82) is 0 Å². The van der Waals surface area contributed by atoms with E-state index in [9.17, 15) is 15.2 Å². The van der Waals surface area contributed by atoms with Gasteiger partial charge in [0, 0.05) is 29.5 Å². The monoisotopic (exact) mass is 315 g/mol. The predicted octanol–water partition coefficient (Wildman–Crippen LogP) is 3.50. The summed E-state index contributed by atoms with van der Waals surface area (Å²) in [4.78, 5) is 14.9. The van der Waals surface area contributed by atoms with Gasteiger partial charge in [0.05, 0.1) is 16.5 Å². The number of hydrogen-bond acceptors (Lipinski definition) is 5. The van der Waals surface area contributed by atoms with Gasteiger partial charge in [0.25, 0.3) is 5.69 Å². The zero-order valence-electron chi connectivity index (χ0n) is 13.2. The zero-order chi connectivity index (χ0) is 16.4. The molecule has 1 heterocycles. The van der Waals surface area contributed by atoms with Crippen LogP contribution in [0.3, 0.4) is 0 Å². The normalized spacial score (nSPS) is 24.5. The number of aliphatic hydroxyl groups excluding tert-OH is 1. The Bertz CT molecular complexity index is 734. The van der Waals surface area contributed by atoms with Gasteiger partial charge in [-0.2, -0.15) is 0 Å². The molecule has 0 spiro atoms. The third-order valence-electron chi connectivity index (χ3n) is 4.84. The molecule has 1 fully saturated rings. The maximum Gasteiger partial charge on any atom is 0.270 e. The molecule has 1 aliphatic rings. The van der Waals surface area contributed by atoms with Gasteiger partial charge >= 0.3 is 0 Å². The van der Waals surface area contributed by atoms with Gasteiger partial charge in [-0.05, 0) is 31.0 Å². The molecule has 2 atom stereocenters. The summed E-state index contributed by atoms with van der Waals surface area (Å²) in [6.45, 7) is 2.77. The lowest BCUT2D eigenvalue weighted by Gasteiger charge is -2.38. The lowest BCUT2D eigenvalue weighted by atomic mass is 9.73. The molecular formula is C17H21N3O3. The summed E-state index contributed by atoms with van der Waals surface area (Å²) in [5.74, 6) is 0.727. The van der Waals surface area contributed by atoms with Gasteiger partial charge < -0.3 is 10.4 Å². The van der Waals surface area contributed by atoms with E-state index >= 15 is 0 Å². The van der Waals surface area contributed by atoms with E-state index in [2.05, 4.69) is 17.2 Å². The van der Waals surface area contributed by atoms with Crippen LogP contribution in [0.2, 0.25) is 0 Å². The van der Waals surface area contributed by atoms with Gasteiger partial charge in [-0.15, -0.1) is 0 Å². The van der Waals surface area contributed by atoms with E-state index < -0.39 is 4.92 Å². The predicted molar refractivity (Wildman–Crippen MR) is 89.5 cm³/mol. The van der Waals surface area contributed by atoms with Crippen LogP contribution in [0.25, 0.3) is 10.9 Å². The molecule has 0 saturated heterocycles. The van der Waals surface area contributed by atoms with Crippen LogP contribution in [-0.2, 0) is 0 Å². The number of benzene rings is 1. The summed E-state index contributed by atoms with van der Waals surface area (Å²) in [6.07, 6.45) is 3.80. The third kappa shape index (κ3) is 3.27. The maximum atomic E-state index is 10.8. The van der Waals surface area contributed by atoms with Gasteiger partial charge in [0.1, 0.15) is 5.82 Å². The highest BCUT2D eigenvalue weighted by Crippen LogP contribution is 2.36. The topological polar surface area (TPSA) is 88.3 Å². The maximum absolute atomic E-state index is 10.8. The Morgan fingerprint density at radius 3 is 2.96 bits per heavy atom. The molecule has 23 heavy (non-hydrogen) atoms. The first kappa shape index (κ1) is 15.7. The van der Waals surface area contributed by atoms with Crippen molar-refractivity contribution in [3.05, 3.63) is 40.4 Å². The summed E-state index contributed by atoms with van der Waals surface area (Å²) in [5.41, 5.74) is 0.650. The van der Waals surface area contributed by atoms with Gasteiger partial charge in [0.15, 0.2) is 0 Å². The Balaban J connectivity index is 1.76. The molecule has 122 valence electrons. The average Bonchev–Trinajstić information content (AvgIpc) is 2.55. The van der Waals surface area contributed by atoms with Gasteiger partial charge in [0.2, 0.25) is 0 Å². The smallest absolute Gasteiger partial charge is 0.270 e. The molecule has 6 nitrogen and oxygen atoms in total. The number of aromatic nitrogens is 1. The minimum absolute atomic E-state index is 0.0675. The quantitative estimate of drug-likeness (QED) is 0.666. The first-order valence-corrected chi connectivity index (χ1v) is 7.95. The molecule has 2 aromatic rings. The van der Waals surface area contributed by atoms with Gasteiger partial charge in [-0.1, -0.05) is 19.8 Å². The molecule has 0 amide bonds. The van der Waals surface area contributed by atoms with Crippen molar-refractivity contribution in [2.45, 2.75) is 38.7 Å². The van der Waals surface area contributed by atoms with Crippen LogP contribution in [0, 0.1) is 15.5 Å². The number of aliphatic hydroxyl groups is 1. The largest absolute Gasteiger partial charge is 0.392 e. The number of nitro groups is 1. The van der Waals surface area contributed by atoms with E-state index in [1.54, 1.807) is 6.07 Å². The number of nitrogens with zero attached hydrogens (tertiary/aromatic N) is 2. The summed E-state index contributed by atoms with van der Waals surface area (Å²) >= 11 is 0. The Kier molecular flexibility index (Phi) is 4.17. The standard InChI is InChI=1S/C17H21N3O3/c1-17(9-3-2-4-15(17)21)11-18-16-8-5-12-10-13(20(22)23)6-7-14(12)19-16/h5-8,10,15,21H,2-4,9,11H2,1H3,(H,18,19). The van der Waals surface area contributed by atoms with E-state index in [4.69, 9.17) is 0 Å². The van der Waals surface area contributed by atoms with Crippen molar-refractivity contribution >= 4 is 22.4 Å². The lowest BCUT2D eigenvalue weighted by molar-refractivity contribution is -0.384. The van der Waals surface area contributed by atoms with Gasteiger partial charge in [-0.3, -0.25) is 10.1 Å². The fourth-order valence-corrected chi connectivity index (χ4v) is 3.21. The van der Waals surface area contributed by atoms with Crippen molar-refractivity contribution in [2.75, 3.05) is 11.9 Å². The highest BCUT2D eigenvalue weighted by Gasteiger charge is 2.35. The van der Waals surface area contributed by atoms with E-state index in [0.29, 0.717) is 6.54 Å². The Morgan fingerprint density at radius 1 is 1.39 bits per heavy atom. The highest BCUT2D eigenvalue weighted by atomic mass is 16.6. The van der Waals surface area contributed by atoms with Crippen molar-refractivity contribution in [3.63, 3.8) is 0 Å². The van der Waals surface area contributed by atoms with Crippen LogP contribution in [0.5, 0.6) is 0 Å². The number of anilines is 1. The molecule has 3 rings (SSSR count). The van der Waals surface area contributed by atoms with Crippen LogP contribution >= 0.6 is 0 Å². The number of non-ortho nitro benzene ring substituents is 1. The first-order valence-electron chi connectivity index (χ1n) is 7.95. The van der Waals surface area contributed by atoms with Crippen LogP contribution in [0.1, 0.15) is 32.6 Å². The van der Waals surface area contributed by atoms with E-state index in [1.165, 1.54) is 12.1 Å². The van der Waals surface area contributed by atoms with Crippen LogP contribution in [-0.4, -0.2) is 27.7 Å². The van der Waals surface area contributed by atoms with Crippen molar-refractivity contribution in [1.82, 2.24) is 4.98 Å². The molecular weight excluding hydrogens is 294 g/mol. The number of pyridine rings is 1. The molecule has 6 heteroatoms.